The van der Waals surface area contributed by atoms with E-state index in [-0.39, 0.29) is 39.9 Å². The van der Waals surface area contributed by atoms with E-state index in [9.17, 15) is 4.11 Å². The minimum absolute atomic E-state index is 0.0940. The van der Waals surface area contributed by atoms with Gasteiger partial charge in [0.25, 0.3) is 6.33 Å². The van der Waals surface area contributed by atoms with Crippen molar-refractivity contribution in [2.45, 2.75) is 26.2 Å². The van der Waals surface area contributed by atoms with E-state index in [1.807, 2.05) is 71.4 Å². The lowest BCUT2D eigenvalue weighted by Crippen LogP contribution is -2.31. The Hall–Kier alpha value is -9.85. The van der Waals surface area contributed by atoms with Gasteiger partial charge in [-0.3, -0.25) is 18.7 Å². The predicted octanol–water partition coefficient (Wildman–Crippen LogP) is 16.8. The predicted molar refractivity (Wildman–Crippen MR) is 309 cm³/mol. The highest BCUT2D eigenvalue weighted by Crippen LogP contribution is 2.40. The fourth-order valence-electron chi connectivity index (χ4n) is 10.7. The summed E-state index contributed by atoms with van der Waals surface area (Å²) in [6.07, 6.45) is 8.85. The van der Waals surface area contributed by atoms with Crippen LogP contribution in [0.2, 0.25) is 0 Å². The molecule has 0 saturated carbocycles. The largest absolute Gasteiger partial charge is 0.458 e. The number of hydrogen-bond donors (Lipinski definition) is 0. The number of pyridine rings is 2. The van der Waals surface area contributed by atoms with Crippen LogP contribution in [0.5, 0.6) is 11.5 Å². The molecule has 0 bridgehead atoms. The van der Waals surface area contributed by atoms with E-state index in [0.29, 0.717) is 33.8 Å². The second-order valence-corrected chi connectivity index (χ2v) is 19.8. The number of rotatable bonds is 9. The highest BCUT2D eigenvalue weighted by molar-refractivity contribution is 6.12. The molecule has 7 heteroatoms. The average Bonchev–Trinajstić information content (AvgIpc) is 2.04. The zero-order chi connectivity index (χ0) is 58.7. The van der Waals surface area contributed by atoms with Crippen LogP contribution in [-0.4, -0.2) is 23.7 Å². The van der Waals surface area contributed by atoms with Crippen LogP contribution in [-0.2, 0) is 5.41 Å². The molecule has 0 unspecified atom stereocenters. The number of imidazole rings is 1. The lowest BCUT2D eigenvalue weighted by atomic mass is 9.88. The fourth-order valence-corrected chi connectivity index (χ4v) is 10.7. The summed E-state index contributed by atoms with van der Waals surface area (Å²) in [4.78, 5) is 9.23. The third-order valence-electron chi connectivity index (χ3n) is 14.3. The molecule has 7 nitrogen and oxygen atoms in total. The topological polar surface area (TPSA) is 53.7 Å². The summed E-state index contributed by atoms with van der Waals surface area (Å²) in [5.41, 5.74) is 10.5. The monoisotopic (exact) mass is 987 g/mol. The molecule has 5 aromatic heterocycles. The number of ether oxygens (including phenoxy) is 1. The van der Waals surface area contributed by atoms with Gasteiger partial charge in [0.1, 0.15) is 17.3 Å². The van der Waals surface area contributed by atoms with E-state index in [4.69, 9.17) is 17.9 Å². The van der Waals surface area contributed by atoms with Crippen molar-refractivity contribution in [1.82, 2.24) is 23.7 Å². The minimum Gasteiger partial charge on any atom is -0.458 e. The second-order valence-electron chi connectivity index (χ2n) is 19.8. The highest BCUT2D eigenvalue weighted by Gasteiger charge is 2.23. The van der Waals surface area contributed by atoms with Crippen LogP contribution < -0.4 is 9.30 Å². The maximum Gasteiger partial charge on any atom is 0.269 e. The third kappa shape index (κ3) is 7.63. The molecular weight excluding hydrogens is 929 g/mol. The number of benzene rings is 9. The summed E-state index contributed by atoms with van der Waals surface area (Å²) in [5.74, 6) is 1.86. The van der Waals surface area contributed by atoms with Crippen LogP contribution in [0, 0.1) is 6.33 Å². The van der Waals surface area contributed by atoms with E-state index >= 15 is 0 Å². The first-order chi connectivity index (χ1) is 41.0. The van der Waals surface area contributed by atoms with Crippen molar-refractivity contribution in [1.29, 1.82) is 0 Å². The number of nitrogens with zero attached hydrogens (tertiary/aromatic N) is 6. The van der Waals surface area contributed by atoms with Gasteiger partial charge in [0.15, 0.2) is 0 Å². The average molecular weight is 988 g/mol. The molecule has 9 aromatic carbocycles. The van der Waals surface area contributed by atoms with Crippen molar-refractivity contribution in [3.05, 3.63) is 261 Å². The summed E-state index contributed by atoms with van der Waals surface area (Å²) in [6.45, 7) is 6.59. The van der Waals surface area contributed by atoms with Gasteiger partial charge in [-0.05, 0) is 135 Å². The quantitative estimate of drug-likeness (QED) is 0.107. The SMILES string of the molecule is [2H]c1cc(-c2cccc(-c3c([2H])c([2H])c([2H])c([2H])c3[2H])c2-[n+]2[c-]n(-c3cccc(Oc4ccc5c6cc(-n7c8ccccc8c8ccccc87)ccc6n(-c6cc(C(C)(C)C)ccn6)c5c4)c3)c3ccc(-c4ccncc4)cc32)c([2H])c([2H])c1[2H]. The van der Waals surface area contributed by atoms with Crippen LogP contribution >= 0.6 is 0 Å². The summed E-state index contributed by atoms with van der Waals surface area (Å²) in [5, 5.41) is 4.43. The molecule has 0 fully saturated rings. The van der Waals surface area contributed by atoms with Crippen LogP contribution in [0.1, 0.15) is 38.7 Å². The number of fused-ring (bicyclic) bond motifs is 7. The van der Waals surface area contributed by atoms with Crippen molar-refractivity contribution in [3.63, 3.8) is 0 Å². The van der Waals surface area contributed by atoms with E-state index < -0.39 is 42.3 Å². The minimum atomic E-state index is -0.552. The Labute approximate surface area is 453 Å². The molecule has 0 spiro atoms. The third-order valence-corrected chi connectivity index (χ3v) is 14.3. The molecule has 0 aliphatic heterocycles. The Kier molecular flexibility index (Phi) is 8.54. The van der Waals surface area contributed by atoms with Crippen LogP contribution in [0.4, 0.5) is 0 Å². The van der Waals surface area contributed by atoms with Gasteiger partial charge >= 0.3 is 0 Å². The molecular formula is C69H50N6O. The van der Waals surface area contributed by atoms with Gasteiger partial charge in [0.2, 0.25) is 0 Å². The van der Waals surface area contributed by atoms with Gasteiger partial charge in [-0.25, -0.2) is 4.98 Å². The van der Waals surface area contributed by atoms with Gasteiger partial charge < -0.3 is 9.30 Å². The summed E-state index contributed by atoms with van der Waals surface area (Å²) < 4.78 is 94.4. The van der Waals surface area contributed by atoms with E-state index in [1.54, 1.807) is 35.2 Å². The van der Waals surface area contributed by atoms with Crippen LogP contribution in [0.15, 0.2) is 249 Å². The standard InChI is InChI=1S/C69H50N6O/c1-69(2,3)50-36-39-71-67(41-50)75-63-33-29-52(74-61-26-12-10-22-57(61)58-23-11-13-27-62(58)74)43-60(63)59-31-30-54(44-65(59)75)76-53-21-14-20-51(42-53)72-45-73(66-40-49(28-32-64(66)72)46-34-37-70-38-35-46)68-55(47-16-6-4-7-17-47)24-15-25-56(68)48-18-8-5-9-19-48/h4-44H,1-3H3/i4D,5D,6D,7D,8D,9D,16D,17D,18D. The zero-order valence-electron chi connectivity index (χ0n) is 50.6. The first-order valence-electron chi connectivity index (χ1n) is 29.5. The Balaban J connectivity index is 0.949. The van der Waals surface area contributed by atoms with Crippen molar-refractivity contribution in [2.24, 2.45) is 0 Å². The normalized spacial score (nSPS) is 13.5. The lowest BCUT2D eigenvalue weighted by molar-refractivity contribution is -0.571. The molecule has 0 amide bonds. The zero-order valence-corrected chi connectivity index (χ0v) is 41.6. The smallest absolute Gasteiger partial charge is 0.269 e. The molecule has 362 valence electrons. The summed E-state index contributed by atoms with van der Waals surface area (Å²) >= 11 is 0. The van der Waals surface area contributed by atoms with Gasteiger partial charge in [-0.2, -0.15) is 0 Å². The molecule has 0 radical (unpaired) electrons. The van der Waals surface area contributed by atoms with Gasteiger partial charge in [-0.15, -0.1) is 0 Å². The van der Waals surface area contributed by atoms with E-state index in [0.717, 1.165) is 61.0 Å². The first-order valence-corrected chi connectivity index (χ1v) is 25.0. The van der Waals surface area contributed by atoms with Crippen molar-refractivity contribution < 1.29 is 21.6 Å². The van der Waals surface area contributed by atoms with E-state index in [2.05, 4.69) is 132 Å². The fraction of sp³-hybridized carbons (Fsp3) is 0.0580. The molecule has 0 atom stereocenters. The second kappa shape index (κ2) is 18.0. The summed E-state index contributed by atoms with van der Waals surface area (Å²) in [7, 11) is 0. The molecule has 0 aliphatic carbocycles. The van der Waals surface area contributed by atoms with E-state index in [1.165, 1.54) is 16.8 Å². The van der Waals surface area contributed by atoms with Crippen molar-refractivity contribution >= 4 is 54.6 Å². The van der Waals surface area contributed by atoms with Gasteiger partial charge in [0.05, 0.1) is 56.8 Å². The molecule has 14 aromatic rings. The van der Waals surface area contributed by atoms with Crippen LogP contribution in [0.3, 0.4) is 0 Å². The Morgan fingerprint density at radius 3 is 1.95 bits per heavy atom. The van der Waals surface area contributed by atoms with Crippen molar-refractivity contribution in [3.8, 4) is 67.8 Å². The van der Waals surface area contributed by atoms with Gasteiger partial charge in [-0.1, -0.05) is 154 Å². The lowest BCUT2D eigenvalue weighted by Gasteiger charge is -2.20. The Morgan fingerprint density at radius 2 is 1.16 bits per heavy atom. The Morgan fingerprint density at radius 1 is 0.474 bits per heavy atom. The molecule has 76 heavy (non-hydrogen) atoms. The summed E-state index contributed by atoms with van der Waals surface area (Å²) in [6, 6.07) is 53.7. The maximum atomic E-state index is 9.21. The molecule has 0 aliphatic rings. The number of aromatic nitrogens is 6. The molecule has 5 heterocycles. The Bertz CT molecular complexity index is 5020. The first kappa shape index (κ1) is 36.1. The van der Waals surface area contributed by atoms with Crippen molar-refractivity contribution in [2.75, 3.05) is 0 Å². The molecule has 0 saturated heterocycles. The maximum absolute atomic E-state index is 9.21. The molecule has 0 N–H and O–H groups in total. The highest BCUT2D eigenvalue weighted by atomic mass is 16.5. The van der Waals surface area contributed by atoms with Gasteiger partial charge in [0, 0.05) is 51.9 Å². The number of hydrogen-bond acceptors (Lipinski definition) is 3. The van der Waals surface area contributed by atoms with Crippen LogP contribution in [0.25, 0.3) is 111 Å². The molecule has 14 rings (SSSR count). The number of para-hydroxylation sites is 3.